The van der Waals surface area contributed by atoms with Crippen molar-refractivity contribution in [3.05, 3.63) is 29.8 Å². The summed E-state index contributed by atoms with van der Waals surface area (Å²) in [5.41, 5.74) is 10.2. The molecular weight excluding hydrogens is 316 g/mol. The topological polar surface area (TPSA) is 62.9 Å². The van der Waals surface area contributed by atoms with Crippen molar-refractivity contribution in [1.82, 2.24) is 10.3 Å². The molecule has 0 unspecified atom stereocenters. The van der Waals surface area contributed by atoms with E-state index < -0.39 is 0 Å². The molecule has 1 saturated heterocycles. The molecule has 5 nitrogen and oxygen atoms in total. The molecule has 0 spiro atoms. The zero-order valence-corrected chi connectivity index (χ0v) is 14.4. The number of thiocarbonyl (C=S) groups is 1. The summed E-state index contributed by atoms with van der Waals surface area (Å²) in [5, 5.41) is 4.54. The van der Waals surface area contributed by atoms with Crippen molar-refractivity contribution in [2.24, 2.45) is 10.8 Å². The van der Waals surface area contributed by atoms with E-state index >= 15 is 0 Å². The van der Waals surface area contributed by atoms with E-state index in [0.717, 1.165) is 43.1 Å². The highest BCUT2D eigenvalue weighted by atomic mass is 32.2. The highest BCUT2D eigenvalue weighted by Crippen LogP contribution is 2.15. The van der Waals surface area contributed by atoms with Gasteiger partial charge >= 0.3 is 0 Å². The van der Waals surface area contributed by atoms with Gasteiger partial charge in [-0.3, -0.25) is 5.43 Å². The summed E-state index contributed by atoms with van der Waals surface area (Å²) in [7, 11) is 1.66. The Morgan fingerprint density at radius 1 is 1.36 bits per heavy atom. The lowest BCUT2D eigenvalue weighted by Gasteiger charge is -2.26. The molecule has 0 atom stereocenters. The Morgan fingerprint density at radius 2 is 2.05 bits per heavy atom. The highest BCUT2D eigenvalue weighted by molar-refractivity contribution is 7.99. The van der Waals surface area contributed by atoms with E-state index in [-0.39, 0.29) is 5.11 Å². The van der Waals surface area contributed by atoms with Crippen molar-refractivity contribution >= 4 is 34.8 Å². The van der Waals surface area contributed by atoms with E-state index in [0.29, 0.717) is 0 Å². The molecule has 1 aromatic rings. The molecule has 2 rings (SSSR count). The summed E-state index contributed by atoms with van der Waals surface area (Å²) in [4.78, 5) is 2.47. The molecule has 3 N–H and O–H groups in total. The maximum atomic E-state index is 5.48. The van der Waals surface area contributed by atoms with Crippen molar-refractivity contribution < 1.29 is 4.74 Å². The Kier molecular flexibility index (Phi) is 6.95. The normalized spacial score (nSPS) is 16.3. The SMILES string of the molecule is COc1ccc(/C(CCN2CCSCC2)=N/NC(N)=S)cc1. The average molecular weight is 339 g/mol. The van der Waals surface area contributed by atoms with Crippen LogP contribution in [-0.4, -0.2) is 54.0 Å². The summed E-state index contributed by atoms with van der Waals surface area (Å²) >= 11 is 6.85. The second-order valence-corrected chi connectivity index (χ2v) is 6.63. The van der Waals surface area contributed by atoms with Gasteiger partial charge in [-0.15, -0.1) is 0 Å². The lowest BCUT2D eigenvalue weighted by molar-refractivity contribution is 0.312. The maximum Gasteiger partial charge on any atom is 0.184 e. The molecule has 0 bridgehead atoms. The van der Waals surface area contributed by atoms with Crippen LogP contribution >= 0.6 is 24.0 Å². The molecule has 0 aliphatic carbocycles. The minimum Gasteiger partial charge on any atom is -0.497 e. The number of nitrogens with two attached hydrogens (primary N) is 1. The van der Waals surface area contributed by atoms with Gasteiger partial charge in [0.05, 0.1) is 12.8 Å². The lowest BCUT2D eigenvalue weighted by atomic mass is 10.1. The third-order valence-corrected chi connectivity index (χ3v) is 4.53. The number of hydrazone groups is 1. The largest absolute Gasteiger partial charge is 0.497 e. The van der Waals surface area contributed by atoms with E-state index in [1.54, 1.807) is 7.11 Å². The second-order valence-electron chi connectivity index (χ2n) is 4.97. The maximum absolute atomic E-state index is 5.48. The predicted octanol–water partition coefficient (Wildman–Crippen LogP) is 1.67. The van der Waals surface area contributed by atoms with Crippen LogP contribution in [0.15, 0.2) is 29.4 Å². The molecule has 120 valence electrons. The number of nitrogens with zero attached hydrogens (tertiary/aromatic N) is 2. The smallest absolute Gasteiger partial charge is 0.184 e. The minimum atomic E-state index is 0.181. The third kappa shape index (κ3) is 5.47. The Labute approximate surface area is 141 Å². The number of hydrogen-bond acceptors (Lipinski definition) is 5. The molecule has 0 radical (unpaired) electrons. The number of ether oxygens (including phenoxy) is 1. The summed E-state index contributed by atoms with van der Waals surface area (Å²) in [6.07, 6.45) is 0.854. The van der Waals surface area contributed by atoms with Gasteiger partial charge in [0.15, 0.2) is 5.11 Å². The molecule has 1 fully saturated rings. The first kappa shape index (κ1) is 17.1. The molecular formula is C15H22N4OS2. The van der Waals surface area contributed by atoms with Gasteiger partial charge in [-0.2, -0.15) is 16.9 Å². The van der Waals surface area contributed by atoms with Crippen LogP contribution in [0.4, 0.5) is 0 Å². The molecule has 1 heterocycles. The Hall–Kier alpha value is -1.31. The fourth-order valence-electron chi connectivity index (χ4n) is 2.26. The van der Waals surface area contributed by atoms with Crippen LogP contribution in [-0.2, 0) is 0 Å². The number of methoxy groups -OCH3 is 1. The number of nitrogens with one attached hydrogen (secondary N) is 1. The second kappa shape index (κ2) is 8.97. The summed E-state index contributed by atoms with van der Waals surface area (Å²) < 4.78 is 5.20. The summed E-state index contributed by atoms with van der Waals surface area (Å²) in [6, 6.07) is 7.88. The number of thioether (sulfide) groups is 1. The molecule has 7 heteroatoms. The number of benzene rings is 1. The fraction of sp³-hybridized carbons (Fsp3) is 0.467. The Morgan fingerprint density at radius 3 is 2.64 bits per heavy atom. The molecule has 1 aliphatic rings. The average Bonchev–Trinajstić information content (AvgIpc) is 2.56. The van der Waals surface area contributed by atoms with Crippen molar-refractivity contribution in [3.63, 3.8) is 0 Å². The Bertz CT molecular complexity index is 513. The molecule has 0 saturated carbocycles. The first-order valence-electron chi connectivity index (χ1n) is 7.25. The number of hydrogen-bond donors (Lipinski definition) is 2. The summed E-state index contributed by atoms with van der Waals surface area (Å²) in [6.45, 7) is 3.27. The van der Waals surface area contributed by atoms with Gasteiger partial charge in [0.25, 0.3) is 0 Å². The van der Waals surface area contributed by atoms with E-state index in [9.17, 15) is 0 Å². The van der Waals surface area contributed by atoms with Crippen LogP contribution < -0.4 is 15.9 Å². The Balaban J connectivity index is 2.04. The summed E-state index contributed by atoms with van der Waals surface area (Å²) in [5.74, 6) is 3.25. The highest BCUT2D eigenvalue weighted by Gasteiger charge is 2.12. The van der Waals surface area contributed by atoms with Crippen LogP contribution in [0, 0.1) is 0 Å². The number of rotatable bonds is 6. The van der Waals surface area contributed by atoms with Crippen LogP contribution in [0.3, 0.4) is 0 Å². The standard InChI is InChI=1S/C15H22N4OS2/c1-20-13-4-2-12(3-5-13)14(17-18-15(16)21)6-7-19-8-10-22-11-9-19/h2-5H,6-11H2,1H3,(H3,16,18,21)/b17-14+. The van der Waals surface area contributed by atoms with Gasteiger partial charge < -0.3 is 15.4 Å². The van der Waals surface area contributed by atoms with Crippen LogP contribution in [0.1, 0.15) is 12.0 Å². The predicted molar refractivity (Wildman–Crippen MR) is 97.8 cm³/mol. The van der Waals surface area contributed by atoms with Crippen molar-refractivity contribution in [2.45, 2.75) is 6.42 Å². The zero-order chi connectivity index (χ0) is 15.8. The van der Waals surface area contributed by atoms with Gasteiger partial charge in [0, 0.05) is 37.6 Å². The lowest BCUT2D eigenvalue weighted by Crippen LogP contribution is -2.34. The zero-order valence-electron chi connectivity index (χ0n) is 12.7. The molecule has 22 heavy (non-hydrogen) atoms. The fourth-order valence-corrected chi connectivity index (χ4v) is 3.28. The van der Waals surface area contributed by atoms with Crippen LogP contribution in [0.25, 0.3) is 0 Å². The van der Waals surface area contributed by atoms with E-state index in [4.69, 9.17) is 22.7 Å². The van der Waals surface area contributed by atoms with E-state index in [1.165, 1.54) is 11.5 Å². The molecule has 0 aromatic heterocycles. The van der Waals surface area contributed by atoms with Crippen LogP contribution in [0.5, 0.6) is 5.75 Å². The van der Waals surface area contributed by atoms with Crippen molar-refractivity contribution in [2.75, 3.05) is 38.2 Å². The quantitative estimate of drug-likeness (QED) is 0.467. The minimum absolute atomic E-state index is 0.181. The van der Waals surface area contributed by atoms with Gasteiger partial charge in [0.1, 0.15) is 5.75 Å². The van der Waals surface area contributed by atoms with Crippen molar-refractivity contribution in [3.8, 4) is 5.75 Å². The molecule has 1 aliphatic heterocycles. The van der Waals surface area contributed by atoms with Crippen molar-refractivity contribution in [1.29, 1.82) is 0 Å². The van der Waals surface area contributed by atoms with Gasteiger partial charge in [0.2, 0.25) is 0 Å². The van der Waals surface area contributed by atoms with Gasteiger partial charge in [-0.1, -0.05) is 0 Å². The third-order valence-electron chi connectivity index (χ3n) is 3.49. The molecule has 1 aromatic carbocycles. The monoisotopic (exact) mass is 338 g/mol. The van der Waals surface area contributed by atoms with Gasteiger partial charge in [-0.05, 0) is 42.0 Å². The van der Waals surface area contributed by atoms with E-state index in [2.05, 4.69) is 15.4 Å². The van der Waals surface area contributed by atoms with Gasteiger partial charge in [-0.25, -0.2) is 0 Å². The first-order chi connectivity index (χ1) is 10.7. The van der Waals surface area contributed by atoms with Crippen LogP contribution in [0.2, 0.25) is 0 Å². The van der Waals surface area contributed by atoms with E-state index in [1.807, 2.05) is 36.0 Å². The molecule has 0 amide bonds. The first-order valence-corrected chi connectivity index (χ1v) is 8.82.